The van der Waals surface area contributed by atoms with Gasteiger partial charge in [-0.15, -0.1) is 0 Å². The van der Waals surface area contributed by atoms with Gasteiger partial charge in [0.05, 0.1) is 84.2 Å². The molecule has 0 aliphatic rings. The fraction of sp³-hybridized carbons (Fsp3) is 0.731. The molecule has 0 aromatic heterocycles. The molecular formula is C52H86N2O19. The normalized spacial score (nSPS) is 11.3. The van der Waals surface area contributed by atoms with Crippen LogP contribution in [0.25, 0.3) is 0 Å². The summed E-state index contributed by atoms with van der Waals surface area (Å²) in [5, 5.41) is 23.7. The molecule has 1 atom stereocenters. The summed E-state index contributed by atoms with van der Waals surface area (Å²) >= 11 is 0. The van der Waals surface area contributed by atoms with E-state index in [2.05, 4.69) is 10.6 Å². The summed E-state index contributed by atoms with van der Waals surface area (Å²) in [6, 6.07) is 6.36. The molecule has 1 rings (SSSR count). The van der Waals surface area contributed by atoms with Gasteiger partial charge in [0.25, 0.3) is 0 Å². The fourth-order valence-electron chi connectivity index (χ4n) is 6.31. The van der Waals surface area contributed by atoms with E-state index in [1.807, 2.05) is 6.92 Å². The number of ether oxygens (including phenoxy) is 9. The zero-order valence-electron chi connectivity index (χ0n) is 43.8. The summed E-state index contributed by atoms with van der Waals surface area (Å²) in [5.74, 6) is -2.64. The number of carbonyl (C=O) groups excluding carboxylic acids is 6. The Morgan fingerprint density at radius 2 is 0.959 bits per heavy atom. The molecule has 0 saturated heterocycles. The van der Waals surface area contributed by atoms with Crippen molar-refractivity contribution in [2.75, 3.05) is 125 Å². The van der Waals surface area contributed by atoms with Gasteiger partial charge in [0, 0.05) is 65.0 Å². The zero-order chi connectivity index (χ0) is 54.0. The third-order valence-corrected chi connectivity index (χ3v) is 10.2. The van der Waals surface area contributed by atoms with Crippen molar-refractivity contribution in [1.82, 2.24) is 10.6 Å². The second-order valence-corrected chi connectivity index (χ2v) is 16.9. The molecule has 0 aliphatic carbocycles. The maximum absolute atomic E-state index is 12.3. The van der Waals surface area contributed by atoms with Crippen LogP contribution in [0.5, 0.6) is 5.75 Å². The molecule has 73 heavy (non-hydrogen) atoms. The highest BCUT2D eigenvalue weighted by Gasteiger charge is 2.22. The average Bonchev–Trinajstić information content (AvgIpc) is 3.35. The van der Waals surface area contributed by atoms with Gasteiger partial charge >= 0.3 is 11.9 Å². The lowest BCUT2D eigenvalue weighted by Crippen LogP contribution is -2.31. The molecule has 2 amide bonds. The summed E-state index contributed by atoms with van der Waals surface area (Å²) in [4.78, 5) is 91.3. The number of hydrogen-bond acceptors (Lipinski definition) is 17. The minimum Gasteiger partial charge on any atom is -0.494 e. The van der Waals surface area contributed by atoms with E-state index in [1.165, 1.54) is 19.1 Å². The second kappa shape index (κ2) is 49.5. The van der Waals surface area contributed by atoms with Gasteiger partial charge in [-0.25, -0.2) is 4.79 Å². The average molecular weight is 1040 g/mol. The molecule has 0 spiro atoms. The van der Waals surface area contributed by atoms with Crippen LogP contribution in [0.3, 0.4) is 0 Å². The summed E-state index contributed by atoms with van der Waals surface area (Å²) in [5.41, 5.74) is 0.234. The minimum absolute atomic E-state index is 0.00912. The van der Waals surface area contributed by atoms with Crippen molar-refractivity contribution in [3.05, 3.63) is 29.8 Å². The lowest BCUT2D eigenvalue weighted by molar-refractivity contribution is -0.144. The highest BCUT2D eigenvalue weighted by atomic mass is 16.5. The Balaban J connectivity index is 0.00000144. The molecule has 1 aromatic rings. The van der Waals surface area contributed by atoms with Crippen LogP contribution in [-0.2, 0) is 71.5 Å². The number of aromatic carboxylic acids is 1. The van der Waals surface area contributed by atoms with Crippen molar-refractivity contribution in [2.24, 2.45) is 5.92 Å². The molecule has 0 saturated carbocycles. The molecule has 0 aliphatic heterocycles. The predicted octanol–water partition coefficient (Wildman–Crippen LogP) is 5.00. The number of rotatable bonds is 51. The summed E-state index contributed by atoms with van der Waals surface area (Å²) in [6.45, 7) is 11.5. The van der Waals surface area contributed by atoms with Crippen LogP contribution in [-0.4, -0.2) is 183 Å². The Kier molecular flexibility index (Phi) is 46.3. The first-order valence-electron chi connectivity index (χ1n) is 25.6. The number of hydrogen-bond donors (Lipinski definition) is 4. The van der Waals surface area contributed by atoms with Gasteiger partial charge in [0.15, 0.2) is 11.6 Å². The van der Waals surface area contributed by atoms with Crippen molar-refractivity contribution in [1.29, 1.82) is 0 Å². The summed E-state index contributed by atoms with van der Waals surface area (Å²) < 4.78 is 47.5. The van der Waals surface area contributed by atoms with Crippen LogP contribution in [0, 0.1) is 5.92 Å². The quantitative estimate of drug-likeness (QED) is 0.0624. The number of benzene rings is 1. The van der Waals surface area contributed by atoms with E-state index >= 15 is 0 Å². The Morgan fingerprint density at radius 1 is 0.466 bits per heavy atom. The van der Waals surface area contributed by atoms with Gasteiger partial charge in [0.1, 0.15) is 37.1 Å². The SMILES string of the molecule is CC(=O)CCCOCCOCC(=O)NCCOCCOCC(=O)CCCOCCOCC(C)=O.CCOCCOCCNC(=O)CC[C@H](CC(=O)CCCCCCCCCOc1ccc(C(=O)O)cc1)C(=O)O. The van der Waals surface area contributed by atoms with E-state index in [-0.39, 0.29) is 79.6 Å². The monoisotopic (exact) mass is 1040 g/mol. The van der Waals surface area contributed by atoms with E-state index < -0.39 is 17.9 Å². The van der Waals surface area contributed by atoms with E-state index in [0.717, 1.165) is 44.9 Å². The summed E-state index contributed by atoms with van der Waals surface area (Å²) in [7, 11) is 0. The number of carboxylic acids is 2. The number of aliphatic carboxylic acids is 1. The van der Waals surface area contributed by atoms with Crippen LogP contribution in [0.2, 0.25) is 0 Å². The van der Waals surface area contributed by atoms with Gasteiger partial charge in [-0.05, 0) is 77.1 Å². The fourth-order valence-corrected chi connectivity index (χ4v) is 6.31. The number of unbranched alkanes of at least 4 members (excludes halogenated alkanes) is 6. The minimum atomic E-state index is -1.04. The van der Waals surface area contributed by atoms with E-state index in [4.69, 9.17) is 47.7 Å². The smallest absolute Gasteiger partial charge is 0.335 e. The molecular weight excluding hydrogens is 957 g/mol. The second-order valence-electron chi connectivity index (χ2n) is 16.9. The van der Waals surface area contributed by atoms with Crippen molar-refractivity contribution in [3.8, 4) is 5.75 Å². The summed E-state index contributed by atoms with van der Waals surface area (Å²) in [6.07, 6.45) is 9.44. The van der Waals surface area contributed by atoms with E-state index in [9.17, 15) is 43.5 Å². The van der Waals surface area contributed by atoms with Crippen molar-refractivity contribution in [2.45, 2.75) is 117 Å². The van der Waals surface area contributed by atoms with Crippen LogP contribution in [0.1, 0.15) is 127 Å². The third-order valence-electron chi connectivity index (χ3n) is 10.2. The number of amides is 2. The van der Waals surface area contributed by atoms with Crippen LogP contribution < -0.4 is 15.4 Å². The lowest BCUT2D eigenvalue weighted by atomic mass is 9.94. The molecule has 21 nitrogen and oxygen atoms in total. The molecule has 0 heterocycles. The number of Topliss-reactive ketones (excluding diaryl/α,β-unsaturated/α-hetero) is 4. The zero-order valence-corrected chi connectivity index (χ0v) is 43.8. The molecule has 0 radical (unpaired) electrons. The van der Waals surface area contributed by atoms with Gasteiger partial charge in [-0.2, -0.15) is 0 Å². The van der Waals surface area contributed by atoms with Crippen molar-refractivity contribution < 1.29 is 91.2 Å². The molecule has 0 unspecified atom stereocenters. The number of carboxylic acid groups (broad SMARTS) is 2. The Hall–Kier alpha value is -4.74. The first-order chi connectivity index (χ1) is 35.2. The maximum Gasteiger partial charge on any atom is 0.335 e. The predicted molar refractivity (Wildman–Crippen MR) is 269 cm³/mol. The molecule has 0 fully saturated rings. The molecule has 418 valence electrons. The topological polar surface area (TPSA) is 284 Å². The number of carbonyl (C=O) groups is 8. The van der Waals surface area contributed by atoms with Crippen LogP contribution in [0.15, 0.2) is 24.3 Å². The first-order valence-corrected chi connectivity index (χ1v) is 25.6. The van der Waals surface area contributed by atoms with Gasteiger partial charge < -0.3 is 68.3 Å². The van der Waals surface area contributed by atoms with Gasteiger partial charge in [0.2, 0.25) is 11.8 Å². The highest BCUT2D eigenvalue weighted by Crippen LogP contribution is 2.17. The molecule has 4 N–H and O–H groups in total. The van der Waals surface area contributed by atoms with Gasteiger partial charge in [-0.1, -0.05) is 32.1 Å². The van der Waals surface area contributed by atoms with E-state index in [0.29, 0.717) is 143 Å². The standard InChI is InChI=1S/C29H45NO9.C23H41NO10/c1-2-37-20-21-38-19-17-30-27(32)16-13-24(29(35)36)22-25(31)10-8-6-4-3-5-7-9-18-39-26-14-11-23(12-15-26)28(33)34;1-20(25)5-3-8-29-12-16-34-19-23(28)24-7-10-31-13-15-33-18-22(27)6-4-9-30-11-14-32-17-21(2)26/h11-12,14-15,24H,2-10,13,16-22H2,1H3,(H,30,32)(H,33,34)(H,35,36);3-19H2,1-2H3,(H,24,28)/t24-;/m1./s1. The third kappa shape index (κ3) is 48.0. The number of ketones is 4. The van der Waals surface area contributed by atoms with Crippen molar-refractivity contribution >= 4 is 46.9 Å². The highest BCUT2D eigenvalue weighted by molar-refractivity contribution is 5.87. The molecule has 1 aromatic carbocycles. The van der Waals surface area contributed by atoms with Crippen LogP contribution >= 0.6 is 0 Å². The van der Waals surface area contributed by atoms with Gasteiger partial charge in [-0.3, -0.25) is 28.8 Å². The van der Waals surface area contributed by atoms with Crippen molar-refractivity contribution in [3.63, 3.8) is 0 Å². The van der Waals surface area contributed by atoms with E-state index in [1.54, 1.807) is 19.1 Å². The number of nitrogens with one attached hydrogen (secondary N) is 2. The first kappa shape index (κ1) is 68.3. The Labute approximate surface area is 431 Å². The Bertz CT molecular complexity index is 1580. The van der Waals surface area contributed by atoms with Crippen LogP contribution in [0.4, 0.5) is 0 Å². The maximum atomic E-state index is 12.3. The Morgan fingerprint density at radius 3 is 1.52 bits per heavy atom. The molecule has 21 heteroatoms. The largest absolute Gasteiger partial charge is 0.494 e. The lowest BCUT2D eigenvalue weighted by Gasteiger charge is -2.12. The molecule has 0 bridgehead atoms.